The summed E-state index contributed by atoms with van der Waals surface area (Å²) in [5.41, 5.74) is 0. The number of hydrogen-bond donors (Lipinski definition) is 2. The van der Waals surface area contributed by atoms with Crippen LogP contribution in [0.4, 0.5) is 0 Å². The van der Waals surface area contributed by atoms with Crippen molar-refractivity contribution < 1.29 is 19.5 Å². The first-order chi connectivity index (χ1) is 6.09. The molecule has 0 aromatic rings. The lowest BCUT2D eigenvalue weighted by molar-refractivity contribution is -0.146. The van der Waals surface area contributed by atoms with Crippen molar-refractivity contribution in [1.82, 2.24) is 10.2 Å². The summed E-state index contributed by atoms with van der Waals surface area (Å²) in [7, 11) is 0. The minimum absolute atomic E-state index is 0.0356. The highest BCUT2D eigenvalue weighted by atomic mass is 16.4. The lowest BCUT2D eigenvalue weighted by Gasteiger charge is -2.25. The van der Waals surface area contributed by atoms with Crippen molar-refractivity contribution in [3.05, 3.63) is 0 Å². The molecule has 0 aromatic carbocycles. The SMILES string of the molecule is O=C(O)CC(=O)N1CCNC(=O)C1. The first-order valence-electron chi connectivity index (χ1n) is 3.86. The predicted octanol–water partition coefficient (Wildman–Crippen LogP) is -1.58. The summed E-state index contributed by atoms with van der Waals surface area (Å²) in [6.07, 6.45) is -0.548. The summed E-state index contributed by atoms with van der Waals surface area (Å²) < 4.78 is 0. The number of aliphatic carboxylic acids is 1. The van der Waals surface area contributed by atoms with Crippen molar-refractivity contribution in [2.24, 2.45) is 0 Å². The second kappa shape index (κ2) is 3.88. The van der Waals surface area contributed by atoms with E-state index in [4.69, 9.17) is 5.11 Å². The Morgan fingerprint density at radius 2 is 2.23 bits per heavy atom. The van der Waals surface area contributed by atoms with Crippen LogP contribution < -0.4 is 5.32 Å². The van der Waals surface area contributed by atoms with Crippen molar-refractivity contribution in [2.75, 3.05) is 19.6 Å². The smallest absolute Gasteiger partial charge is 0.312 e. The molecule has 6 nitrogen and oxygen atoms in total. The van der Waals surface area contributed by atoms with Crippen LogP contribution in [0.1, 0.15) is 6.42 Å². The molecule has 0 aliphatic carbocycles. The minimum atomic E-state index is -1.17. The fourth-order valence-corrected chi connectivity index (χ4v) is 1.09. The summed E-state index contributed by atoms with van der Waals surface area (Å²) in [4.78, 5) is 33.4. The standard InChI is InChI=1S/C7H10N2O4/c10-5-4-9(2-1-8-5)6(11)3-7(12)13/h1-4H2,(H,8,10)(H,12,13). The Balaban J connectivity index is 2.46. The van der Waals surface area contributed by atoms with E-state index < -0.39 is 18.3 Å². The van der Waals surface area contributed by atoms with Gasteiger partial charge in [0.15, 0.2) is 0 Å². The van der Waals surface area contributed by atoms with E-state index in [-0.39, 0.29) is 12.5 Å². The van der Waals surface area contributed by atoms with Crippen LogP contribution >= 0.6 is 0 Å². The van der Waals surface area contributed by atoms with Crippen LogP contribution in [0.5, 0.6) is 0 Å². The maximum atomic E-state index is 11.1. The molecule has 13 heavy (non-hydrogen) atoms. The number of carboxylic acid groups (broad SMARTS) is 1. The third-order valence-electron chi connectivity index (χ3n) is 1.69. The zero-order chi connectivity index (χ0) is 9.84. The molecule has 0 saturated carbocycles. The Labute approximate surface area is 74.5 Å². The van der Waals surface area contributed by atoms with Crippen molar-refractivity contribution in [2.45, 2.75) is 6.42 Å². The second-order valence-electron chi connectivity index (χ2n) is 2.74. The third kappa shape index (κ3) is 2.73. The Morgan fingerprint density at radius 3 is 2.77 bits per heavy atom. The maximum absolute atomic E-state index is 11.1. The molecule has 72 valence electrons. The molecule has 1 saturated heterocycles. The van der Waals surface area contributed by atoms with Crippen LogP contribution in [0.3, 0.4) is 0 Å². The molecule has 0 spiro atoms. The summed E-state index contributed by atoms with van der Waals surface area (Å²) in [6, 6.07) is 0. The molecule has 1 heterocycles. The van der Waals surface area contributed by atoms with E-state index in [1.54, 1.807) is 0 Å². The van der Waals surface area contributed by atoms with Gasteiger partial charge in [0.25, 0.3) is 0 Å². The fourth-order valence-electron chi connectivity index (χ4n) is 1.09. The molecule has 2 N–H and O–H groups in total. The van der Waals surface area contributed by atoms with Crippen molar-refractivity contribution in [3.63, 3.8) is 0 Å². The van der Waals surface area contributed by atoms with Crippen molar-refractivity contribution in [1.29, 1.82) is 0 Å². The second-order valence-corrected chi connectivity index (χ2v) is 2.74. The number of rotatable bonds is 2. The van der Waals surface area contributed by atoms with Gasteiger partial charge in [-0.1, -0.05) is 0 Å². The topological polar surface area (TPSA) is 86.7 Å². The van der Waals surface area contributed by atoms with Crippen LogP contribution in [-0.4, -0.2) is 47.4 Å². The molecule has 1 aliphatic heterocycles. The van der Waals surface area contributed by atoms with E-state index in [1.165, 1.54) is 4.90 Å². The lowest BCUT2D eigenvalue weighted by atomic mass is 10.3. The summed E-state index contributed by atoms with van der Waals surface area (Å²) in [5.74, 6) is -1.93. The molecule has 0 bridgehead atoms. The van der Waals surface area contributed by atoms with Crippen LogP contribution in [0, 0.1) is 0 Å². The zero-order valence-corrected chi connectivity index (χ0v) is 6.95. The van der Waals surface area contributed by atoms with Gasteiger partial charge >= 0.3 is 5.97 Å². The van der Waals surface area contributed by atoms with E-state index >= 15 is 0 Å². The summed E-state index contributed by atoms with van der Waals surface area (Å²) in [6.45, 7) is 0.744. The van der Waals surface area contributed by atoms with Gasteiger partial charge in [0, 0.05) is 13.1 Å². The predicted molar refractivity (Wildman–Crippen MR) is 41.8 cm³/mol. The summed E-state index contributed by atoms with van der Waals surface area (Å²) in [5, 5.41) is 10.9. The highest BCUT2D eigenvalue weighted by molar-refractivity contribution is 5.95. The Morgan fingerprint density at radius 1 is 1.54 bits per heavy atom. The highest BCUT2D eigenvalue weighted by Crippen LogP contribution is 1.97. The number of nitrogens with zero attached hydrogens (tertiary/aromatic N) is 1. The van der Waals surface area contributed by atoms with Gasteiger partial charge in [0.1, 0.15) is 6.42 Å². The van der Waals surface area contributed by atoms with Gasteiger partial charge in [-0.05, 0) is 0 Å². The van der Waals surface area contributed by atoms with Crippen LogP contribution in [0.15, 0.2) is 0 Å². The number of carbonyl (C=O) groups excluding carboxylic acids is 2. The molecular formula is C7H10N2O4. The van der Waals surface area contributed by atoms with Gasteiger partial charge in [-0.2, -0.15) is 0 Å². The number of hydrogen-bond acceptors (Lipinski definition) is 3. The molecule has 1 fully saturated rings. The fraction of sp³-hybridized carbons (Fsp3) is 0.571. The van der Waals surface area contributed by atoms with Crippen molar-refractivity contribution >= 4 is 17.8 Å². The number of nitrogens with one attached hydrogen (secondary N) is 1. The van der Waals surface area contributed by atoms with Gasteiger partial charge in [0.2, 0.25) is 11.8 Å². The van der Waals surface area contributed by atoms with E-state index in [0.717, 1.165) is 0 Å². The Hall–Kier alpha value is -1.59. The molecular weight excluding hydrogens is 176 g/mol. The lowest BCUT2D eigenvalue weighted by Crippen LogP contribution is -2.50. The summed E-state index contributed by atoms with van der Waals surface area (Å²) >= 11 is 0. The number of carboxylic acids is 1. The molecule has 0 unspecified atom stereocenters. The van der Waals surface area contributed by atoms with E-state index in [1.807, 2.05) is 0 Å². The average molecular weight is 186 g/mol. The molecule has 0 radical (unpaired) electrons. The Bertz CT molecular complexity index is 251. The largest absolute Gasteiger partial charge is 0.481 e. The van der Waals surface area contributed by atoms with E-state index in [0.29, 0.717) is 13.1 Å². The molecule has 6 heteroatoms. The third-order valence-corrected chi connectivity index (χ3v) is 1.69. The average Bonchev–Trinajstić information content (AvgIpc) is 2.03. The first-order valence-corrected chi connectivity index (χ1v) is 3.86. The van der Waals surface area contributed by atoms with Gasteiger partial charge in [-0.25, -0.2) is 0 Å². The molecule has 0 aromatic heterocycles. The van der Waals surface area contributed by atoms with Gasteiger partial charge in [-0.15, -0.1) is 0 Å². The van der Waals surface area contributed by atoms with Crippen LogP contribution in [-0.2, 0) is 14.4 Å². The number of amides is 2. The first kappa shape index (κ1) is 9.50. The number of piperazine rings is 1. The minimum Gasteiger partial charge on any atom is -0.481 e. The van der Waals surface area contributed by atoms with E-state index in [9.17, 15) is 14.4 Å². The van der Waals surface area contributed by atoms with Crippen LogP contribution in [0.25, 0.3) is 0 Å². The van der Waals surface area contributed by atoms with Crippen molar-refractivity contribution in [3.8, 4) is 0 Å². The van der Waals surface area contributed by atoms with E-state index in [2.05, 4.69) is 5.32 Å². The molecule has 1 rings (SSSR count). The molecule has 2 amide bonds. The normalized spacial score (nSPS) is 16.6. The number of carbonyl (C=O) groups is 3. The van der Waals surface area contributed by atoms with Gasteiger partial charge in [-0.3, -0.25) is 14.4 Å². The van der Waals surface area contributed by atoms with Gasteiger partial charge in [0.05, 0.1) is 6.54 Å². The molecule has 0 atom stereocenters. The molecule has 1 aliphatic rings. The monoisotopic (exact) mass is 186 g/mol. The van der Waals surface area contributed by atoms with Gasteiger partial charge < -0.3 is 15.3 Å². The Kier molecular flexibility index (Phi) is 2.84. The quantitative estimate of drug-likeness (QED) is 0.509. The highest BCUT2D eigenvalue weighted by Gasteiger charge is 2.22. The van der Waals surface area contributed by atoms with Crippen LogP contribution in [0.2, 0.25) is 0 Å². The zero-order valence-electron chi connectivity index (χ0n) is 6.95. The maximum Gasteiger partial charge on any atom is 0.312 e.